The third-order valence-electron chi connectivity index (χ3n) is 7.35. The van der Waals surface area contributed by atoms with Gasteiger partial charge < -0.3 is 9.13 Å². The molecular weight excluding hydrogens is 382 g/mol. The molecule has 3 fully saturated rings. The smallest absolute Gasteiger partial charge is 0.187 e. The minimum atomic E-state index is 0.220. The molecule has 2 aromatic rings. The van der Waals surface area contributed by atoms with E-state index >= 15 is 0 Å². The highest BCUT2D eigenvalue weighted by molar-refractivity contribution is 6.14. The average Bonchev–Trinajstić information content (AvgIpc) is 3.65. The maximum Gasteiger partial charge on any atom is 0.187 e. The molecule has 3 heterocycles. The Kier molecular flexibility index (Phi) is 5.09. The Morgan fingerprint density at radius 1 is 0.806 bits per heavy atom. The maximum absolute atomic E-state index is 13.5. The molecule has 0 radical (unpaired) electrons. The number of aryl methyl sites for hydroxylation is 2. The molecule has 31 heavy (non-hydrogen) atoms. The number of Topliss-reactive ketones (excluding diaryl/α,β-unsaturated/α-hetero) is 1. The highest BCUT2D eigenvalue weighted by Gasteiger charge is 2.30. The molecule has 1 aliphatic heterocycles. The Morgan fingerprint density at radius 2 is 1.23 bits per heavy atom. The minimum absolute atomic E-state index is 0.220. The molecule has 164 valence electrons. The molecular formula is C27H35N3O. The van der Waals surface area contributed by atoms with Gasteiger partial charge in [-0.2, -0.15) is 0 Å². The van der Waals surface area contributed by atoms with Crippen LogP contribution in [0, 0.1) is 27.7 Å². The van der Waals surface area contributed by atoms with Crippen LogP contribution in [0.1, 0.15) is 78.6 Å². The fourth-order valence-corrected chi connectivity index (χ4v) is 5.40. The van der Waals surface area contributed by atoms with Gasteiger partial charge in [-0.3, -0.25) is 9.69 Å². The Labute approximate surface area is 186 Å². The molecule has 3 aliphatic rings. The van der Waals surface area contributed by atoms with Gasteiger partial charge in [0.15, 0.2) is 5.78 Å². The summed E-state index contributed by atoms with van der Waals surface area (Å²) in [5.41, 5.74) is 9.48. The van der Waals surface area contributed by atoms with Crippen molar-refractivity contribution in [2.45, 2.75) is 72.4 Å². The van der Waals surface area contributed by atoms with Crippen LogP contribution in [0.3, 0.4) is 0 Å². The molecule has 0 unspecified atom stereocenters. The number of piperidine rings is 1. The van der Waals surface area contributed by atoms with Gasteiger partial charge in [0.25, 0.3) is 0 Å². The van der Waals surface area contributed by atoms with Crippen LogP contribution in [0.5, 0.6) is 0 Å². The number of rotatable bonds is 5. The highest BCUT2D eigenvalue weighted by atomic mass is 16.1. The van der Waals surface area contributed by atoms with Gasteiger partial charge in [0, 0.05) is 59.1 Å². The van der Waals surface area contributed by atoms with E-state index in [-0.39, 0.29) is 5.78 Å². The van der Waals surface area contributed by atoms with E-state index in [2.05, 4.69) is 72.9 Å². The number of carbonyl (C=O) groups is 1. The van der Waals surface area contributed by atoms with Gasteiger partial charge in [0.2, 0.25) is 0 Å². The lowest BCUT2D eigenvalue weighted by molar-refractivity contribution is -0.113. The number of ketones is 1. The Morgan fingerprint density at radius 3 is 1.58 bits per heavy atom. The zero-order valence-corrected chi connectivity index (χ0v) is 19.7. The van der Waals surface area contributed by atoms with E-state index in [1.807, 2.05) is 0 Å². The van der Waals surface area contributed by atoms with Crippen molar-refractivity contribution in [2.24, 2.45) is 0 Å². The molecule has 0 N–H and O–H groups in total. The van der Waals surface area contributed by atoms with Crippen molar-refractivity contribution in [1.29, 1.82) is 0 Å². The molecule has 0 spiro atoms. The second-order valence-electron chi connectivity index (χ2n) is 9.83. The molecule has 2 saturated carbocycles. The Hall–Kier alpha value is -2.33. The predicted molar refractivity (Wildman–Crippen MR) is 127 cm³/mol. The van der Waals surface area contributed by atoms with Gasteiger partial charge in [0.1, 0.15) is 0 Å². The molecule has 2 aliphatic carbocycles. The largest absolute Gasteiger partial charge is 0.346 e. The summed E-state index contributed by atoms with van der Waals surface area (Å²) in [4.78, 5) is 15.9. The Balaban J connectivity index is 1.50. The summed E-state index contributed by atoms with van der Waals surface area (Å²) in [5.74, 6) is 0.220. The zero-order chi connectivity index (χ0) is 21.9. The third-order valence-corrected chi connectivity index (χ3v) is 7.35. The van der Waals surface area contributed by atoms with Crippen molar-refractivity contribution < 1.29 is 4.79 Å². The van der Waals surface area contributed by atoms with Crippen molar-refractivity contribution in [3.63, 3.8) is 0 Å². The van der Waals surface area contributed by atoms with Crippen molar-refractivity contribution in [1.82, 2.24) is 14.0 Å². The number of likely N-dealkylation sites (tertiary alicyclic amines) is 1. The van der Waals surface area contributed by atoms with Crippen LogP contribution >= 0.6 is 0 Å². The molecule has 2 aromatic heterocycles. The molecule has 0 aromatic carbocycles. The standard InChI is InChI=1S/C27H35N3O/c1-6-28-15-23(13-21-11-17(2)29(19(21)4)25-7-8-25)27(31)24(16-28)14-22-12-18(3)30(20(22)5)26-9-10-26/h11-14,25-26H,6-10,15-16H2,1-5H3/b23-13-,24-14+. The molecule has 5 rings (SSSR count). The summed E-state index contributed by atoms with van der Waals surface area (Å²) in [5, 5.41) is 0. The van der Waals surface area contributed by atoms with E-state index in [1.165, 1.54) is 59.6 Å². The third kappa shape index (κ3) is 3.76. The number of hydrogen-bond acceptors (Lipinski definition) is 2. The highest BCUT2D eigenvalue weighted by Crippen LogP contribution is 2.40. The molecule has 4 nitrogen and oxygen atoms in total. The molecule has 0 bridgehead atoms. The molecule has 0 amide bonds. The van der Waals surface area contributed by atoms with E-state index in [1.54, 1.807) is 0 Å². The van der Waals surface area contributed by atoms with Gasteiger partial charge >= 0.3 is 0 Å². The summed E-state index contributed by atoms with van der Waals surface area (Å²) in [6.45, 7) is 13.4. The van der Waals surface area contributed by atoms with Crippen molar-refractivity contribution in [2.75, 3.05) is 19.6 Å². The van der Waals surface area contributed by atoms with E-state index in [0.29, 0.717) is 12.1 Å². The van der Waals surface area contributed by atoms with Crippen LogP contribution in [0.2, 0.25) is 0 Å². The fourth-order valence-electron chi connectivity index (χ4n) is 5.40. The number of aromatic nitrogens is 2. The first-order valence-corrected chi connectivity index (χ1v) is 11.9. The number of hydrogen-bond donors (Lipinski definition) is 0. The monoisotopic (exact) mass is 417 g/mol. The second-order valence-corrected chi connectivity index (χ2v) is 9.83. The fraction of sp³-hybridized carbons (Fsp3) is 0.519. The SMILES string of the molecule is CCN1C/C(=C/c2cc(C)n(C3CC3)c2C)C(=O)/C(=C/c2cc(C)n(C3CC3)c2C)C1. The second kappa shape index (κ2) is 7.67. The minimum Gasteiger partial charge on any atom is -0.346 e. The van der Waals surface area contributed by atoms with Crippen molar-refractivity contribution in [3.05, 3.63) is 57.2 Å². The first kappa shape index (κ1) is 20.6. The Bertz CT molecular complexity index is 1020. The topological polar surface area (TPSA) is 30.2 Å². The lowest BCUT2D eigenvalue weighted by Gasteiger charge is -2.28. The first-order valence-electron chi connectivity index (χ1n) is 11.9. The summed E-state index contributed by atoms with van der Waals surface area (Å²) in [7, 11) is 0. The van der Waals surface area contributed by atoms with Gasteiger partial charge in [-0.15, -0.1) is 0 Å². The van der Waals surface area contributed by atoms with Gasteiger partial charge in [0.05, 0.1) is 0 Å². The summed E-state index contributed by atoms with van der Waals surface area (Å²) in [6.07, 6.45) is 9.43. The van der Waals surface area contributed by atoms with E-state index in [0.717, 1.165) is 30.8 Å². The lowest BCUT2D eigenvalue weighted by atomic mass is 9.94. The number of carbonyl (C=O) groups excluding carboxylic acids is 1. The van der Waals surface area contributed by atoms with Crippen LogP contribution in [0.15, 0.2) is 23.3 Å². The maximum atomic E-state index is 13.5. The predicted octanol–water partition coefficient (Wildman–Crippen LogP) is 5.56. The number of nitrogens with zero attached hydrogens (tertiary/aromatic N) is 3. The van der Waals surface area contributed by atoms with E-state index in [4.69, 9.17) is 0 Å². The van der Waals surface area contributed by atoms with E-state index < -0.39 is 0 Å². The average molecular weight is 418 g/mol. The van der Waals surface area contributed by atoms with Gasteiger partial charge in [-0.1, -0.05) is 6.92 Å². The molecule has 0 atom stereocenters. The summed E-state index contributed by atoms with van der Waals surface area (Å²) >= 11 is 0. The van der Waals surface area contributed by atoms with Crippen molar-refractivity contribution >= 4 is 17.9 Å². The summed E-state index contributed by atoms with van der Waals surface area (Å²) < 4.78 is 4.92. The molecule has 1 saturated heterocycles. The number of likely N-dealkylation sites (N-methyl/N-ethyl adjacent to an activating group) is 1. The van der Waals surface area contributed by atoms with Crippen LogP contribution in [-0.4, -0.2) is 39.5 Å². The van der Waals surface area contributed by atoms with Crippen LogP contribution in [0.4, 0.5) is 0 Å². The van der Waals surface area contributed by atoms with Crippen LogP contribution in [0.25, 0.3) is 12.2 Å². The van der Waals surface area contributed by atoms with Gasteiger partial charge in [-0.05, 0) is 95.3 Å². The van der Waals surface area contributed by atoms with Gasteiger partial charge in [-0.25, -0.2) is 0 Å². The van der Waals surface area contributed by atoms with Crippen LogP contribution in [-0.2, 0) is 4.79 Å². The molecule has 4 heteroatoms. The zero-order valence-electron chi connectivity index (χ0n) is 19.7. The summed E-state index contributed by atoms with van der Waals surface area (Å²) in [6, 6.07) is 5.84. The normalized spacial score (nSPS) is 22.8. The first-order chi connectivity index (χ1) is 14.9. The van der Waals surface area contributed by atoms with Crippen molar-refractivity contribution in [3.8, 4) is 0 Å². The van der Waals surface area contributed by atoms with Crippen LogP contribution < -0.4 is 0 Å². The quantitative estimate of drug-likeness (QED) is 0.596. The van der Waals surface area contributed by atoms with E-state index in [9.17, 15) is 4.79 Å². The lowest BCUT2D eigenvalue weighted by Crippen LogP contribution is -2.37.